The van der Waals surface area contributed by atoms with E-state index in [0.717, 1.165) is 6.54 Å². The highest BCUT2D eigenvalue weighted by molar-refractivity contribution is 7.10. The molecular formula is C11H19NS. The molecule has 0 saturated carbocycles. The number of hydrogen-bond acceptors (Lipinski definition) is 2. The van der Waals surface area contributed by atoms with Crippen molar-refractivity contribution in [1.82, 2.24) is 5.32 Å². The van der Waals surface area contributed by atoms with Gasteiger partial charge in [0.05, 0.1) is 0 Å². The van der Waals surface area contributed by atoms with Gasteiger partial charge in [0.25, 0.3) is 0 Å². The van der Waals surface area contributed by atoms with E-state index in [1.165, 1.54) is 22.4 Å². The Morgan fingerprint density at radius 3 is 2.62 bits per heavy atom. The van der Waals surface area contributed by atoms with E-state index in [4.69, 9.17) is 0 Å². The van der Waals surface area contributed by atoms with Crippen molar-refractivity contribution in [3.63, 3.8) is 0 Å². The Hall–Kier alpha value is -0.340. The quantitative estimate of drug-likeness (QED) is 0.781. The topological polar surface area (TPSA) is 12.0 Å². The van der Waals surface area contributed by atoms with Gasteiger partial charge in [0, 0.05) is 17.5 Å². The van der Waals surface area contributed by atoms with E-state index in [1.807, 2.05) is 11.3 Å². The van der Waals surface area contributed by atoms with Gasteiger partial charge in [-0.1, -0.05) is 6.92 Å². The van der Waals surface area contributed by atoms with E-state index in [1.54, 1.807) is 0 Å². The summed E-state index contributed by atoms with van der Waals surface area (Å²) in [4.78, 5) is 1.45. The predicted octanol–water partition coefficient (Wildman–Crippen LogP) is 3.25. The van der Waals surface area contributed by atoms with Gasteiger partial charge in [0.15, 0.2) is 0 Å². The molecule has 0 aromatic carbocycles. The summed E-state index contributed by atoms with van der Waals surface area (Å²) in [5.41, 5.74) is 2.92. The minimum absolute atomic E-state index is 0.625. The molecule has 0 fully saturated rings. The highest BCUT2D eigenvalue weighted by Crippen LogP contribution is 2.20. The van der Waals surface area contributed by atoms with Crippen LogP contribution in [0.2, 0.25) is 0 Å². The fourth-order valence-electron chi connectivity index (χ4n) is 1.17. The Kier molecular flexibility index (Phi) is 3.94. The molecule has 1 aromatic heterocycles. The predicted molar refractivity (Wildman–Crippen MR) is 60.4 cm³/mol. The van der Waals surface area contributed by atoms with Crippen molar-refractivity contribution >= 4 is 11.3 Å². The molecule has 1 nitrogen and oxygen atoms in total. The molecule has 13 heavy (non-hydrogen) atoms. The molecule has 0 saturated heterocycles. The van der Waals surface area contributed by atoms with Gasteiger partial charge in [-0.3, -0.25) is 0 Å². The van der Waals surface area contributed by atoms with Crippen LogP contribution in [0.5, 0.6) is 0 Å². The number of nitrogens with one attached hydrogen (secondary N) is 1. The third-order valence-corrected chi connectivity index (χ3v) is 3.70. The van der Waals surface area contributed by atoms with Crippen LogP contribution in [-0.2, 0) is 6.54 Å². The number of hydrogen-bond donors (Lipinski definition) is 1. The van der Waals surface area contributed by atoms with Gasteiger partial charge in [-0.05, 0) is 43.7 Å². The molecular weight excluding hydrogens is 178 g/mol. The number of thiophene rings is 1. The van der Waals surface area contributed by atoms with Crippen molar-refractivity contribution in [1.29, 1.82) is 0 Å². The Morgan fingerprint density at radius 1 is 1.46 bits per heavy atom. The van der Waals surface area contributed by atoms with E-state index >= 15 is 0 Å². The average molecular weight is 197 g/mol. The Morgan fingerprint density at radius 2 is 2.15 bits per heavy atom. The second-order valence-electron chi connectivity index (χ2n) is 3.63. The molecule has 0 radical (unpaired) electrons. The van der Waals surface area contributed by atoms with E-state index in [0.29, 0.717) is 6.04 Å². The molecule has 0 unspecified atom stereocenters. The Labute approximate surface area is 85.2 Å². The van der Waals surface area contributed by atoms with Crippen molar-refractivity contribution < 1.29 is 0 Å². The summed E-state index contributed by atoms with van der Waals surface area (Å²) in [7, 11) is 0. The molecule has 74 valence electrons. The van der Waals surface area contributed by atoms with E-state index in [2.05, 4.69) is 38.4 Å². The van der Waals surface area contributed by atoms with Crippen LogP contribution in [0.25, 0.3) is 0 Å². The zero-order valence-corrected chi connectivity index (χ0v) is 9.79. The van der Waals surface area contributed by atoms with E-state index < -0.39 is 0 Å². The fourth-order valence-corrected chi connectivity index (χ4v) is 2.05. The molecule has 0 bridgehead atoms. The highest BCUT2D eigenvalue weighted by atomic mass is 32.1. The first-order valence-corrected chi connectivity index (χ1v) is 5.80. The van der Waals surface area contributed by atoms with Gasteiger partial charge in [-0.25, -0.2) is 0 Å². The van der Waals surface area contributed by atoms with Crippen LogP contribution in [0, 0.1) is 13.8 Å². The molecule has 1 heterocycles. The minimum Gasteiger partial charge on any atom is -0.310 e. The molecule has 0 aliphatic rings. The van der Waals surface area contributed by atoms with Gasteiger partial charge in [-0.2, -0.15) is 0 Å². The standard InChI is InChI=1S/C11H19NS/c1-5-8(2)12-6-11-7-13-10(4)9(11)3/h7-8,12H,5-6H2,1-4H3/t8-/m0/s1. The SMILES string of the molecule is CC[C@H](C)NCc1csc(C)c1C. The number of aryl methyl sites for hydroxylation is 1. The van der Waals surface area contributed by atoms with Crippen LogP contribution in [0.3, 0.4) is 0 Å². The molecule has 2 heteroatoms. The first-order valence-electron chi connectivity index (χ1n) is 4.92. The summed E-state index contributed by atoms with van der Waals surface area (Å²) in [6.45, 7) is 9.86. The summed E-state index contributed by atoms with van der Waals surface area (Å²) >= 11 is 1.85. The van der Waals surface area contributed by atoms with Gasteiger partial charge in [0.2, 0.25) is 0 Å². The molecule has 1 N–H and O–H groups in total. The third-order valence-electron chi connectivity index (χ3n) is 2.64. The van der Waals surface area contributed by atoms with Crippen molar-refractivity contribution in [2.24, 2.45) is 0 Å². The second-order valence-corrected chi connectivity index (χ2v) is 4.72. The summed E-state index contributed by atoms with van der Waals surface area (Å²) in [5.74, 6) is 0. The minimum atomic E-state index is 0.625. The van der Waals surface area contributed by atoms with Crippen LogP contribution >= 0.6 is 11.3 Å². The van der Waals surface area contributed by atoms with Crippen LogP contribution in [0.4, 0.5) is 0 Å². The van der Waals surface area contributed by atoms with Gasteiger partial charge in [-0.15, -0.1) is 11.3 Å². The maximum atomic E-state index is 3.51. The Bertz CT molecular complexity index is 265. The molecule has 0 amide bonds. The van der Waals surface area contributed by atoms with Crippen molar-refractivity contribution in [3.8, 4) is 0 Å². The summed E-state index contributed by atoms with van der Waals surface area (Å²) in [6.07, 6.45) is 1.20. The lowest BCUT2D eigenvalue weighted by atomic mass is 10.1. The maximum absolute atomic E-state index is 3.51. The molecule has 0 aliphatic carbocycles. The molecule has 0 spiro atoms. The third kappa shape index (κ3) is 2.82. The van der Waals surface area contributed by atoms with Crippen LogP contribution in [0.1, 0.15) is 36.3 Å². The van der Waals surface area contributed by atoms with Crippen LogP contribution in [-0.4, -0.2) is 6.04 Å². The first kappa shape index (κ1) is 10.7. The van der Waals surface area contributed by atoms with E-state index in [-0.39, 0.29) is 0 Å². The summed E-state index contributed by atoms with van der Waals surface area (Å²) in [5, 5.41) is 5.77. The van der Waals surface area contributed by atoms with Crippen LogP contribution in [0.15, 0.2) is 5.38 Å². The monoisotopic (exact) mass is 197 g/mol. The molecule has 1 atom stereocenters. The van der Waals surface area contributed by atoms with Gasteiger partial charge >= 0.3 is 0 Å². The first-order chi connectivity index (χ1) is 6.15. The normalized spacial score (nSPS) is 13.2. The molecule has 0 aliphatic heterocycles. The summed E-state index contributed by atoms with van der Waals surface area (Å²) < 4.78 is 0. The Balaban J connectivity index is 2.50. The largest absolute Gasteiger partial charge is 0.310 e. The number of rotatable bonds is 4. The zero-order chi connectivity index (χ0) is 9.84. The van der Waals surface area contributed by atoms with Crippen molar-refractivity contribution in [2.75, 3.05) is 0 Å². The average Bonchev–Trinajstić information content (AvgIpc) is 2.44. The summed E-state index contributed by atoms with van der Waals surface area (Å²) in [6, 6.07) is 0.625. The van der Waals surface area contributed by atoms with Crippen molar-refractivity contribution in [2.45, 2.75) is 46.7 Å². The lowest BCUT2D eigenvalue weighted by Crippen LogP contribution is -2.24. The fraction of sp³-hybridized carbons (Fsp3) is 0.636. The lowest BCUT2D eigenvalue weighted by molar-refractivity contribution is 0.534. The van der Waals surface area contributed by atoms with E-state index in [9.17, 15) is 0 Å². The van der Waals surface area contributed by atoms with Crippen LogP contribution < -0.4 is 5.32 Å². The van der Waals surface area contributed by atoms with Crippen molar-refractivity contribution in [3.05, 3.63) is 21.4 Å². The van der Waals surface area contributed by atoms with Gasteiger partial charge < -0.3 is 5.32 Å². The maximum Gasteiger partial charge on any atom is 0.0218 e. The van der Waals surface area contributed by atoms with Gasteiger partial charge in [0.1, 0.15) is 0 Å². The highest BCUT2D eigenvalue weighted by Gasteiger charge is 2.04. The molecule has 1 aromatic rings. The molecule has 1 rings (SSSR count). The second kappa shape index (κ2) is 4.77. The zero-order valence-electron chi connectivity index (χ0n) is 8.98. The lowest BCUT2D eigenvalue weighted by Gasteiger charge is -2.10. The smallest absolute Gasteiger partial charge is 0.0218 e.